The lowest BCUT2D eigenvalue weighted by atomic mass is 9.91. The van der Waals surface area contributed by atoms with Crippen LogP contribution in [0.4, 0.5) is 26.3 Å². The molecule has 0 atom stereocenters. The third kappa shape index (κ3) is 5.74. The van der Waals surface area contributed by atoms with Crippen LogP contribution in [-0.4, -0.2) is 32.0 Å². The molecule has 4 aromatic carbocycles. The Morgan fingerprint density at radius 1 is 0.490 bits per heavy atom. The van der Waals surface area contributed by atoms with E-state index in [1.165, 1.54) is 13.8 Å². The molecule has 0 bridgehead atoms. The van der Waals surface area contributed by atoms with Gasteiger partial charge in [-0.2, -0.15) is 26.3 Å². The summed E-state index contributed by atoms with van der Waals surface area (Å²) in [5.74, 6) is -14.7. The minimum Gasteiger partial charge on any atom is -0.497 e. The number of hydrogen-bond donors (Lipinski definition) is 0. The molecule has 51 heavy (non-hydrogen) atoms. The Bertz CT molecular complexity index is 2210. The number of halogens is 6. The minimum atomic E-state index is -5.68. The molecule has 0 unspecified atom stereocenters. The molecule has 7 rings (SSSR count). The predicted octanol–water partition coefficient (Wildman–Crippen LogP) is 12.9. The zero-order valence-corrected chi connectivity index (χ0v) is 29.4. The molecule has 0 aliphatic heterocycles. The van der Waals surface area contributed by atoms with Gasteiger partial charge in [-0.25, -0.2) is 0 Å². The number of fused-ring (bicyclic) bond motifs is 2. The minimum absolute atomic E-state index is 0.204. The molecule has 260 valence electrons. The lowest BCUT2D eigenvalue weighted by Crippen LogP contribution is -2.48. The highest BCUT2D eigenvalue weighted by atomic mass is 32.1. The van der Waals surface area contributed by atoms with Crippen LogP contribution in [0.15, 0.2) is 84.9 Å². The van der Waals surface area contributed by atoms with E-state index in [0.717, 1.165) is 33.8 Å². The molecule has 0 saturated carbocycles. The van der Waals surface area contributed by atoms with E-state index in [1.807, 2.05) is 24.3 Å². The van der Waals surface area contributed by atoms with Gasteiger partial charge in [-0.3, -0.25) is 0 Å². The van der Waals surface area contributed by atoms with E-state index in [9.17, 15) is 0 Å². The number of allylic oxidation sites excluding steroid dienone is 2. The van der Waals surface area contributed by atoms with Crippen LogP contribution in [0.25, 0.3) is 55.6 Å². The van der Waals surface area contributed by atoms with Crippen molar-refractivity contribution in [2.24, 2.45) is 0 Å². The molecule has 2 nitrogen and oxygen atoms in total. The second-order valence-corrected chi connectivity index (χ2v) is 14.8. The van der Waals surface area contributed by atoms with Gasteiger partial charge in [0.2, 0.25) is 0 Å². The fourth-order valence-electron chi connectivity index (χ4n) is 6.51. The van der Waals surface area contributed by atoms with Crippen LogP contribution in [0, 0.1) is 13.8 Å². The molecule has 0 amide bonds. The van der Waals surface area contributed by atoms with Gasteiger partial charge in [0, 0.05) is 52.2 Å². The molecule has 6 aromatic rings. The number of benzene rings is 4. The smallest absolute Gasteiger partial charge is 0.380 e. The van der Waals surface area contributed by atoms with Gasteiger partial charge >= 0.3 is 17.8 Å². The first-order valence-corrected chi connectivity index (χ1v) is 17.5. The van der Waals surface area contributed by atoms with Crippen molar-refractivity contribution in [1.82, 2.24) is 0 Å². The summed E-state index contributed by atoms with van der Waals surface area (Å²) in [5.41, 5.74) is -0.403. The predicted molar refractivity (Wildman–Crippen MR) is 199 cm³/mol. The molecule has 0 spiro atoms. The highest BCUT2D eigenvalue weighted by Gasteiger charge is 2.80. The van der Waals surface area contributed by atoms with Gasteiger partial charge in [0.15, 0.2) is 0 Å². The number of alkyl halides is 6. The van der Waals surface area contributed by atoms with Crippen LogP contribution in [0.5, 0.6) is 11.5 Å². The van der Waals surface area contributed by atoms with Crippen LogP contribution in [0.3, 0.4) is 0 Å². The molecular weight excluding hydrogens is 703 g/mol. The molecule has 10 heteroatoms. The van der Waals surface area contributed by atoms with Crippen molar-refractivity contribution in [2.75, 3.05) is 14.2 Å². The molecule has 0 fully saturated rings. The van der Waals surface area contributed by atoms with E-state index in [0.29, 0.717) is 32.0 Å². The third-order valence-electron chi connectivity index (χ3n) is 9.11. The SMILES string of the molecule is COc1ccc(C=Cc2ccc3sc(C)c(C4=C(c5c(C)sc6ccc(C=Cc7ccc(OC)cc7)cc56)C(F)(F)C(F)(F)C4(F)F)c3c2)cc1. The lowest BCUT2D eigenvalue weighted by molar-refractivity contribution is -0.254. The number of rotatable bonds is 8. The number of ether oxygens (including phenoxy) is 2. The topological polar surface area (TPSA) is 18.5 Å². The monoisotopic (exact) mass is 732 g/mol. The molecule has 2 heterocycles. The van der Waals surface area contributed by atoms with Gasteiger partial charge in [-0.15, -0.1) is 22.7 Å². The van der Waals surface area contributed by atoms with E-state index >= 15 is 26.3 Å². The van der Waals surface area contributed by atoms with E-state index in [4.69, 9.17) is 9.47 Å². The summed E-state index contributed by atoms with van der Waals surface area (Å²) in [7, 11) is 3.12. The second-order valence-electron chi connectivity index (χ2n) is 12.3. The van der Waals surface area contributed by atoms with E-state index in [1.54, 1.807) is 99.2 Å². The van der Waals surface area contributed by atoms with Crippen LogP contribution in [0.2, 0.25) is 0 Å². The zero-order valence-electron chi connectivity index (χ0n) is 27.8. The maximum Gasteiger partial charge on any atom is 0.380 e. The van der Waals surface area contributed by atoms with E-state index in [-0.39, 0.29) is 31.7 Å². The van der Waals surface area contributed by atoms with Crippen LogP contribution in [0.1, 0.15) is 43.1 Å². The van der Waals surface area contributed by atoms with Crippen molar-refractivity contribution in [1.29, 1.82) is 0 Å². The Hall–Kier alpha value is -4.80. The highest BCUT2D eigenvalue weighted by molar-refractivity contribution is 7.19. The lowest BCUT2D eigenvalue weighted by Gasteiger charge is -2.26. The summed E-state index contributed by atoms with van der Waals surface area (Å²) in [5, 5.41) is 0.408. The first-order chi connectivity index (χ1) is 24.3. The maximum absolute atomic E-state index is 16.2. The molecule has 1 aliphatic rings. The van der Waals surface area contributed by atoms with Gasteiger partial charge in [0.1, 0.15) is 11.5 Å². The second kappa shape index (κ2) is 12.8. The Labute approximate surface area is 298 Å². The standard InChI is InChI=1S/C41H30F6O2S2/c1-23-35(31-21-27(13-19-33(31)50-23)7-5-25-9-15-29(48-3)16-10-25)37-38(40(44,45)41(46,47)39(37,42)43)36-24(2)51-34-20-14-28(22-32(34)36)8-6-26-11-17-30(49-4)18-12-26/h5-22H,1-4H3. The van der Waals surface area contributed by atoms with Crippen LogP contribution >= 0.6 is 22.7 Å². The Morgan fingerprint density at radius 3 is 1.18 bits per heavy atom. The summed E-state index contributed by atoms with van der Waals surface area (Å²) < 4.78 is 107. The van der Waals surface area contributed by atoms with Crippen LogP contribution in [-0.2, 0) is 0 Å². The highest BCUT2D eigenvalue weighted by Crippen LogP contribution is 2.67. The first-order valence-electron chi connectivity index (χ1n) is 15.9. The van der Waals surface area contributed by atoms with Crippen molar-refractivity contribution < 1.29 is 35.8 Å². The molecule has 1 aliphatic carbocycles. The average Bonchev–Trinajstić information content (AvgIpc) is 3.65. The molecule has 0 N–H and O–H groups in total. The van der Waals surface area contributed by atoms with Crippen LogP contribution < -0.4 is 9.47 Å². The van der Waals surface area contributed by atoms with Gasteiger partial charge in [-0.05, 0) is 84.6 Å². The Kier molecular flexibility index (Phi) is 8.66. The van der Waals surface area contributed by atoms with Gasteiger partial charge in [-0.1, -0.05) is 60.7 Å². The molecular formula is C41H30F6O2S2. The van der Waals surface area contributed by atoms with Crippen molar-refractivity contribution in [3.05, 3.63) is 128 Å². The number of hydrogen-bond acceptors (Lipinski definition) is 4. The summed E-state index contributed by atoms with van der Waals surface area (Å²) in [6, 6.07) is 24.6. The van der Waals surface area contributed by atoms with Crippen molar-refractivity contribution in [3.63, 3.8) is 0 Å². The Morgan fingerprint density at radius 2 is 0.824 bits per heavy atom. The maximum atomic E-state index is 16.2. The van der Waals surface area contributed by atoms with E-state index in [2.05, 4.69) is 0 Å². The van der Waals surface area contributed by atoms with Crippen molar-refractivity contribution in [3.8, 4) is 11.5 Å². The molecule has 2 aromatic heterocycles. The summed E-state index contributed by atoms with van der Waals surface area (Å²) in [6.07, 6.45) is 7.11. The first kappa shape index (κ1) is 34.6. The Balaban J connectivity index is 1.41. The third-order valence-corrected chi connectivity index (χ3v) is 11.3. The fraction of sp³-hybridized carbons (Fsp3) is 0.171. The number of aryl methyl sites for hydroxylation is 2. The van der Waals surface area contributed by atoms with Crippen molar-refractivity contribution in [2.45, 2.75) is 31.6 Å². The average molecular weight is 733 g/mol. The van der Waals surface area contributed by atoms with Crippen molar-refractivity contribution >= 4 is 78.3 Å². The van der Waals surface area contributed by atoms with Gasteiger partial charge in [0.05, 0.1) is 14.2 Å². The number of methoxy groups -OCH3 is 2. The van der Waals surface area contributed by atoms with Gasteiger partial charge < -0.3 is 9.47 Å². The van der Waals surface area contributed by atoms with Gasteiger partial charge in [0.25, 0.3) is 0 Å². The molecule has 0 radical (unpaired) electrons. The fourth-order valence-corrected chi connectivity index (χ4v) is 8.61. The molecule has 0 saturated heterocycles. The summed E-state index contributed by atoms with van der Waals surface area (Å²) in [6.45, 7) is 3.01. The normalized spacial score (nSPS) is 16.7. The summed E-state index contributed by atoms with van der Waals surface area (Å²) in [4.78, 5) is 0.476. The zero-order chi connectivity index (χ0) is 36.3. The summed E-state index contributed by atoms with van der Waals surface area (Å²) >= 11 is 2.20. The largest absolute Gasteiger partial charge is 0.497 e. The van der Waals surface area contributed by atoms with E-state index < -0.39 is 28.9 Å². The number of thiophene rings is 2. The quantitative estimate of drug-likeness (QED) is 0.115.